The summed E-state index contributed by atoms with van der Waals surface area (Å²) in [5.41, 5.74) is 6.06. The predicted molar refractivity (Wildman–Crippen MR) is 56.6 cm³/mol. The molecule has 5 nitrogen and oxygen atoms in total. The number of H-pyrrole nitrogens is 1. The number of rotatable bonds is 2. The summed E-state index contributed by atoms with van der Waals surface area (Å²) in [6.07, 6.45) is 0. The molecule has 3 N–H and O–H groups in total. The number of hydrogen-bond acceptors (Lipinski definition) is 4. The highest BCUT2D eigenvalue weighted by Gasteiger charge is 2.04. The number of thioether (sulfide) groups is 1. The third kappa shape index (κ3) is 1.48. The van der Waals surface area contributed by atoms with Gasteiger partial charge in [0, 0.05) is 12.1 Å². The molecule has 2 heterocycles. The SMILES string of the molecule is CCSc1cc2[nH]c(=O)cc(N)n2n1. The van der Waals surface area contributed by atoms with Crippen molar-refractivity contribution in [1.29, 1.82) is 0 Å². The lowest BCUT2D eigenvalue weighted by Crippen LogP contribution is -2.10. The zero-order valence-corrected chi connectivity index (χ0v) is 8.47. The molecular formula is C8H10N4OS. The first-order valence-corrected chi connectivity index (χ1v) is 5.20. The molecule has 2 aromatic rings. The van der Waals surface area contributed by atoms with Gasteiger partial charge in [0.05, 0.1) is 0 Å². The van der Waals surface area contributed by atoms with Gasteiger partial charge in [-0.2, -0.15) is 5.10 Å². The van der Waals surface area contributed by atoms with Crippen molar-refractivity contribution >= 4 is 23.2 Å². The van der Waals surface area contributed by atoms with Crippen molar-refractivity contribution in [3.05, 3.63) is 22.5 Å². The van der Waals surface area contributed by atoms with E-state index in [1.165, 1.54) is 10.6 Å². The standard InChI is InChI=1S/C8H10N4OS/c1-2-14-8-4-6-10-7(13)3-5(9)12(6)11-8/h3-4H,2,9H2,1H3,(H,10,13). The second-order valence-electron chi connectivity index (χ2n) is 2.77. The average molecular weight is 210 g/mol. The summed E-state index contributed by atoms with van der Waals surface area (Å²) in [5, 5.41) is 5.09. The lowest BCUT2D eigenvalue weighted by Gasteiger charge is -1.95. The maximum absolute atomic E-state index is 11.1. The first-order chi connectivity index (χ1) is 6.70. The molecule has 0 aliphatic rings. The molecule has 0 fully saturated rings. The lowest BCUT2D eigenvalue weighted by atomic mass is 10.5. The van der Waals surface area contributed by atoms with Gasteiger partial charge >= 0.3 is 0 Å². The molecule has 0 aromatic carbocycles. The number of nitrogens with zero attached hydrogens (tertiary/aromatic N) is 2. The minimum Gasteiger partial charge on any atom is -0.383 e. The molecule has 0 saturated heterocycles. The minimum absolute atomic E-state index is 0.206. The molecule has 2 aromatic heterocycles. The van der Waals surface area contributed by atoms with Crippen molar-refractivity contribution in [3.63, 3.8) is 0 Å². The average Bonchev–Trinajstić information content (AvgIpc) is 2.48. The van der Waals surface area contributed by atoms with Crippen molar-refractivity contribution in [2.75, 3.05) is 11.5 Å². The van der Waals surface area contributed by atoms with E-state index in [9.17, 15) is 4.79 Å². The molecule has 74 valence electrons. The minimum atomic E-state index is -0.206. The van der Waals surface area contributed by atoms with E-state index in [1.54, 1.807) is 11.8 Å². The van der Waals surface area contributed by atoms with Gasteiger partial charge in [-0.1, -0.05) is 6.92 Å². The van der Waals surface area contributed by atoms with E-state index in [2.05, 4.69) is 10.1 Å². The smallest absolute Gasteiger partial charge is 0.253 e. The monoisotopic (exact) mass is 210 g/mol. The summed E-state index contributed by atoms with van der Waals surface area (Å²) in [7, 11) is 0. The highest BCUT2D eigenvalue weighted by molar-refractivity contribution is 7.99. The molecule has 0 saturated carbocycles. The van der Waals surface area contributed by atoms with Gasteiger partial charge in [0.25, 0.3) is 5.56 Å². The van der Waals surface area contributed by atoms with Crippen LogP contribution in [-0.4, -0.2) is 20.4 Å². The van der Waals surface area contributed by atoms with Gasteiger partial charge in [-0.05, 0) is 5.75 Å². The van der Waals surface area contributed by atoms with Crippen molar-refractivity contribution < 1.29 is 0 Å². The van der Waals surface area contributed by atoms with Crippen LogP contribution in [0.15, 0.2) is 22.0 Å². The molecule has 14 heavy (non-hydrogen) atoms. The fourth-order valence-electron chi connectivity index (χ4n) is 1.22. The number of fused-ring (bicyclic) bond motifs is 1. The van der Waals surface area contributed by atoms with E-state index in [0.29, 0.717) is 11.5 Å². The third-order valence-electron chi connectivity index (χ3n) is 1.75. The number of nitrogens with two attached hydrogens (primary N) is 1. The molecule has 6 heteroatoms. The van der Waals surface area contributed by atoms with Crippen molar-refractivity contribution in [3.8, 4) is 0 Å². The fourth-order valence-corrected chi connectivity index (χ4v) is 1.85. The molecule has 0 bridgehead atoms. The molecule has 0 spiro atoms. The van der Waals surface area contributed by atoms with Gasteiger partial charge in [-0.3, -0.25) is 4.79 Å². The summed E-state index contributed by atoms with van der Waals surface area (Å²) in [6.45, 7) is 2.04. The Morgan fingerprint density at radius 1 is 1.64 bits per heavy atom. The summed E-state index contributed by atoms with van der Waals surface area (Å²) < 4.78 is 1.53. The van der Waals surface area contributed by atoms with Crippen molar-refractivity contribution in [1.82, 2.24) is 14.6 Å². The Labute approximate surface area is 84.3 Å². The van der Waals surface area contributed by atoms with Crippen LogP contribution in [0.2, 0.25) is 0 Å². The zero-order valence-electron chi connectivity index (χ0n) is 7.65. The van der Waals surface area contributed by atoms with Crippen LogP contribution in [0.1, 0.15) is 6.92 Å². The molecule has 0 amide bonds. The fraction of sp³-hybridized carbons (Fsp3) is 0.250. The van der Waals surface area contributed by atoms with E-state index < -0.39 is 0 Å². The first kappa shape index (κ1) is 9.14. The second kappa shape index (κ2) is 3.38. The first-order valence-electron chi connectivity index (χ1n) is 4.22. The molecule has 0 aliphatic heterocycles. The molecule has 0 atom stereocenters. The summed E-state index contributed by atoms with van der Waals surface area (Å²) in [4.78, 5) is 13.7. The molecule has 0 radical (unpaired) electrons. The van der Waals surface area contributed by atoms with E-state index in [0.717, 1.165) is 10.8 Å². The van der Waals surface area contributed by atoms with Crippen molar-refractivity contribution in [2.24, 2.45) is 0 Å². The second-order valence-corrected chi connectivity index (χ2v) is 4.06. The van der Waals surface area contributed by atoms with Crippen LogP contribution < -0.4 is 11.3 Å². The van der Waals surface area contributed by atoms with Crippen molar-refractivity contribution in [2.45, 2.75) is 11.9 Å². The van der Waals surface area contributed by atoms with E-state index in [4.69, 9.17) is 5.73 Å². The van der Waals surface area contributed by atoms with Gasteiger partial charge in [0.2, 0.25) is 0 Å². The number of anilines is 1. The highest BCUT2D eigenvalue weighted by Crippen LogP contribution is 2.17. The summed E-state index contributed by atoms with van der Waals surface area (Å²) >= 11 is 1.61. The Morgan fingerprint density at radius 3 is 3.14 bits per heavy atom. The van der Waals surface area contributed by atoms with E-state index in [1.807, 2.05) is 13.0 Å². The number of hydrogen-bond donors (Lipinski definition) is 2. The van der Waals surface area contributed by atoms with E-state index >= 15 is 0 Å². The van der Waals surface area contributed by atoms with Crippen LogP contribution in [0, 0.1) is 0 Å². The third-order valence-corrected chi connectivity index (χ3v) is 2.54. The summed E-state index contributed by atoms with van der Waals surface area (Å²) in [6, 6.07) is 3.13. The Balaban J connectivity index is 2.64. The van der Waals surface area contributed by atoms with Gasteiger partial charge in [0.1, 0.15) is 16.5 Å². The number of aromatic amines is 1. The Morgan fingerprint density at radius 2 is 2.43 bits per heavy atom. The molecular weight excluding hydrogens is 200 g/mol. The molecule has 2 rings (SSSR count). The van der Waals surface area contributed by atoms with Gasteiger partial charge < -0.3 is 10.7 Å². The number of nitrogens with one attached hydrogen (secondary N) is 1. The Hall–Kier alpha value is -1.43. The Bertz CT molecular complexity index is 516. The topological polar surface area (TPSA) is 76.2 Å². The highest BCUT2D eigenvalue weighted by atomic mass is 32.2. The quantitative estimate of drug-likeness (QED) is 0.716. The number of aromatic nitrogens is 3. The van der Waals surface area contributed by atoms with Crippen LogP contribution in [0.4, 0.5) is 5.82 Å². The summed E-state index contributed by atoms with van der Waals surface area (Å²) in [5.74, 6) is 1.29. The molecule has 0 aliphatic carbocycles. The predicted octanol–water partition coefficient (Wildman–Crippen LogP) is 0.717. The van der Waals surface area contributed by atoms with Crippen LogP contribution >= 0.6 is 11.8 Å². The normalized spacial score (nSPS) is 10.9. The zero-order chi connectivity index (χ0) is 10.1. The van der Waals surface area contributed by atoms with E-state index in [-0.39, 0.29) is 5.56 Å². The van der Waals surface area contributed by atoms with Crippen LogP contribution in [0.5, 0.6) is 0 Å². The van der Waals surface area contributed by atoms with Crippen LogP contribution in [-0.2, 0) is 0 Å². The van der Waals surface area contributed by atoms with Gasteiger partial charge in [-0.25, -0.2) is 4.52 Å². The Kier molecular flexibility index (Phi) is 2.20. The maximum atomic E-state index is 11.1. The van der Waals surface area contributed by atoms with Gasteiger partial charge in [0.15, 0.2) is 0 Å². The largest absolute Gasteiger partial charge is 0.383 e. The van der Waals surface area contributed by atoms with Crippen LogP contribution in [0.3, 0.4) is 0 Å². The molecule has 0 unspecified atom stereocenters. The maximum Gasteiger partial charge on any atom is 0.253 e. The van der Waals surface area contributed by atoms with Crippen LogP contribution in [0.25, 0.3) is 5.65 Å². The van der Waals surface area contributed by atoms with Gasteiger partial charge in [-0.15, -0.1) is 11.8 Å². The number of nitrogen functional groups attached to an aromatic ring is 1. The lowest BCUT2D eigenvalue weighted by molar-refractivity contribution is 0.894.